The van der Waals surface area contributed by atoms with Crippen molar-refractivity contribution in [2.45, 2.75) is 24.8 Å². The van der Waals surface area contributed by atoms with E-state index in [0.717, 1.165) is 33.5 Å². The summed E-state index contributed by atoms with van der Waals surface area (Å²) < 4.78 is 27.7. The number of hydrogen-bond donors (Lipinski definition) is 1. The Balaban J connectivity index is 1.72. The van der Waals surface area contributed by atoms with Gasteiger partial charge in [0.05, 0.1) is 41.3 Å². The number of pyridine rings is 2. The molecule has 1 aromatic carbocycles. The highest BCUT2D eigenvalue weighted by Crippen LogP contribution is 2.36. The highest BCUT2D eigenvalue weighted by molar-refractivity contribution is 7.93. The van der Waals surface area contributed by atoms with E-state index in [-0.39, 0.29) is 12.6 Å². The Morgan fingerprint density at radius 2 is 2.14 bits per heavy atom. The van der Waals surface area contributed by atoms with E-state index in [2.05, 4.69) is 31.4 Å². The monoisotopic (exact) mass is 520 g/mol. The lowest BCUT2D eigenvalue weighted by atomic mass is 10.00. The number of benzene rings is 1. The molecule has 1 N–H and O–H groups in total. The van der Waals surface area contributed by atoms with Gasteiger partial charge in [0.25, 0.3) is 0 Å². The van der Waals surface area contributed by atoms with Crippen molar-refractivity contribution in [3.05, 3.63) is 54.9 Å². The molecule has 0 aliphatic carbocycles. The molecule has 4 aromatic rings. The van der Waals surface area contributed by atoms with E-state index < -0.39 is 15.8 Å². The maximum atomic E-state index is 13.4. The number of anilines is 1. The molecular formula is C26H28N6O4S. The SMILES string of the molecule is CCOC(=O)N=S(C)(=O)c1cccc(-c2cc(N3CCOCC3C)nc3c(-c4ccn[nH]4)nccc23)c1. The zero-order valence-corrected chi connectivity index (χ0v) is 21.7. The Morgan fingerprint density at radius 1 is 1.27 bits per heavy atom. The van der Waals surface area contributed by atoms with E-state index in [1.165, 1.54) is 6.26 Å². The van der Waals surface area contributed by atoms with Crippen molar-refractivity contribution in [1.82, 2.24) is 20.2 Å². The molecule has 1 saturated heterocycles. The average molecular weight is 521 g/mol. The number of morpholine rings is 1. The molecule has 2 unspecified atom stereocenters. The summed E-state index contributed by atoms with van der Waals surface area (Å²) in [6, 6.07) is 13.2. The number of H-pyrrole nitrogens is 1. The summed E-state index contributed by atoms with van der Waals surface area (Å²) in [5, 5.41) is 7.96. The third kappa shape index (κ3) is 5.05. The van der Waals surface area contributed by atoms with E-state index >= 15 is 0 Å². The molecule has 1 amide bonds. The van der Waals surface area contributed by atoms with Gasteiger partial charge in [-0.05, 0) is 55.3 Å². The minimum atomic E-state index is -3.02. The lowest BCUT2D eigenvalue weighted by molar-refractivity contribution is 0.0986. The molecule has 0 bridgehead atoms. The highest BCUT2D eigenvalue weighted by Gasteiger charge is 2.23. The van der Waals surface area contributed by atoms with Gasteiger partial charge in [0.1, 0.15) is 17.0 Å². The fraction of sp³-hybridized carbons (Fsp3) is 0.308. The molecule has 3 aromatic heterocycles. The summed E-state index contributed by atoms with van der Waals surface area (Å²) >= 11 is 0. The van der Waals surface area contributed by atoms with Crippen LogP contribution in [0, 0.1) is 0 Å². The van der Waals surface area contributed by atoms with Gasteiger partial charge in [0.15, 0.2) is 0 Å². The Labute approximate surface area is 215 Å². The minimum absolute atomic E-state index is 0.142. The van der Waals surface area contributed by atoms with Gasteiger partial charge in [-0.2, -0.15) is 5.10 Å². The van der Waals surface area contributed by atoms with E-state index in [9.17, 15) is 9.00 Å². The number of nitrogens with zero attached hydrogens (tertiary/aromatic N) is 5. The Bertz CT molecular complexity index is 1560. The standard InChI is InChI=1S/C26H28N6O4S/c1-4-36-26(33)31-37(3,34)19-7-5-6-18(14-19)21-15-23(32-12-13-35-16-17(32)2)29-24-20(21)8-10-27-25(24)22-9-11-28-30-22/h5-11,14-15,17H,4,12-13,16H2,1-3H3,(H,28,30). The Hall–Kier alpha value is -3.83. The third-order valence-electron chi connectivity index (χ3n) is 6.23. The molecule has 11 heteroatoms. The van der Waals surface area contributed by atoms with Gasteiger partial charge in [-0.25, -0.2) is 14.0 Å². The van der Waals surface area contributed by atoms with Crippen molar-refractivity contribution in [2.75, 3.05) is 37.5 Å². The van der Waals surface area contributed by atoms with Crippen LogP contribution < -0.4 is 4.90 Å². The van der Waals surface area contributed by atoms with Crippen LogP contribution in [-0.2, 0) is 19.2 Å². The summed E-state index contributed by atoms with van der Waals surface area (Å²) in [7, 11) is -3.02. The largest absolute Gasteiger partial charge is 0.448 e. The van der Waals surface area contributed by atoms with Crippen LogP contribution in [0.2, 0.25) is 0 Å². The first-order chi connectivity index (χ1) is 17.9. The topological polar surface area (TPSA) is 123 Å². The molecule has 0 spiro atoms. The predicted octanol–water partition coefficient (Wildman–Crippen LogP) is 4.53. The van der Waals surface area contributed by atoms with Crippen LogP contribution in [0.3, 0.4) is 0 Å². The summed E-state index contributed by atoms with van der Waals surface area (Å²) in [6.07, 6.45) is 4.02. The molecule has 37 heavy (non-hydrogen) atoms. The molecule has 0 radical (unpaired) electrons. The maximum Gasteiger partial charge on any atom is 0.442 e. The molecule has 0 saturated carbocycles. The molecule has 192 valence electrons. The van der Waals surface area contributed by atoms with Crippen LogP contribution in [0.15, 0.2) is 64.1 Å². The number of rotatable bonds is 5. The second-order valence-corrected chi connectivity index (χ2v) is 11.1. The normalized spacial score (nSPS) is 17.4. The fourth-order valence-corrected chi connectivity index (χ4v) is 5.54. The van der Waals surface area contributed by atoms with Crippen molar-refractivity contribution in [1.29, 1.82) is 0 Å². The van der Waals surface area contributed by atoms with Crippen LogP contribution in [0.4, 0.5) is 10.6 Å². The van der Waals surface area contributed by atoms with Crippen LogP contribution in [-0.4, -0.2) is 69.1 Å². The highest BCUT2D eigenvalue weighted by atomic mass is 32.2. The Kier molecular flexibility index (Phi) is 6.90. The fourth-order valence-electron chi connectivity index (χ4n) is 4.42. The predicted molar refractivity (Wildman–Crippen MR) is 142 cm³/mol. The maximum absolute atomic E-state index is 13.4. The second kappa shape index (κ2) is 10.3. The van der Waals surface area contributed by atoms with Gasteiger partial charge in [0.2, 0.25) is 0 Å². The summed E-state index contributed by atoms with van der Waals surface area (Å²) in [5.74, 6) is 0.797. The van der Waals surface area contributed by atoms with Crippen molar-refractivity contribution in [3.8, 4) is 22.5 Å². The molecule has 10 nitrogen and oxygen atoms in total. The van der Waals surface area contributed by atoms with Crippen LogP contribution in [0.25, 0.3) is 33.4 Å². The van der Waals surface area contributed by atoms with Gasteiger partial charge >= 0.3 is 6.09 Å². The summed E-state index contributed by atoms with van der Waals surface area (Å²) in [6.45, 7) is 5.88. The first-order valence-electron chi connectivity index (χ1n) is 12.0. The van der Waals surface area contributed by atoms with Crippen molar-refractivity contribution in [3.63, 3.8) is 0 Å². The second-order valence-electron chi connectivity index (χ2n) is 8.79. The minimum Gasteiger partial charge on any atom is -0.448 e. The molecule has 4 heterocycles. The van der Waals surface area contributed by atoms with Crippen LogP contribution >= 0.6 is 0 Å². The number of amides is 1. The van der Waals surface area contributed by atoms with Crippen LogP contribution in [0.1, 0.15) is 13.8 Å². The number of carbonyl (C=O) groups is 1. The molecule has 2 atom stereocenters. The number of nitrogens with one attached hydrogen (secondary N) is 1. The molecular weight excluding hydrogens is 492 g/mol. The van der Waals surface area contributed by atoms with E-state index in [0.29, 0.717) is 30.3 Å². The van der Waals surface area contributed by atoms with E-state index in [4.69, 9.17) is 14.5 Å². The molecule has 1 aliphatic heterocycles. The quantitative estimate of drug-likeness (QED) is 0.407. The van der Waals surface area contributed by atoms with Gasteiger partial charge < -0.3 is 14.4 Å². The Morgan fingerprint density at radius 3 is 2.89 bits per heavy atom. The smallest absolute Gasteiger partial charge is 0.442 e. The van der Waals surface area contributed by atoms with E-state index in [1.54, 1.807) is 25.4 Å². The number of fused-ring (bicyclic) bond motifs is 1. The number of ether oxygens (including phenoxy) is 2. The number of hydrogen-bond acceptors (Lipinski definition) is 8. The molecule has 1 fully saturated rings. The number of aromatic nitrogens is 4. The lowest BCUT2D eigenvalue weighted by Gasteiger charge is -2.34. The molecule has 5 rings (SSSR count). The van der Waals surface area contributed by atoms with E-state index in [1.807, 2.05) is 36.4 Å². The van der Waals surface area contributed by atoms with Gasteiger partial charge in [-0.15, -0.1) is 4.36 Å². The zero-order chi connectivity index (χ0) is 26.0. The lowest BCUT2D eigenvalue weighted by Crippen LogP contribution is -2.44. The van der Waals surface area contributed by atoms with Gasteiger partial charge in [-0.1, -0.05) is 12.1 Å². The van der Waals surface area contributed by atoms with Crippen molar-refractivity contribution >= 4 is 32.5 Å². The number of aromatic amines is 1. The van der Waals surface area contributed by atoms with Crippen molar-refractivity contribution < 1.29 is 18.5 Å². The summed E-state index contributed by atoms with van der Waals surface area (Å²) in [5.41, 5.74) is 3.89. The number of carbonyl (C=O) groups excluding carboxylic acids is 1. The third-order valence-corrected chi connectivity index (χ3v) is 7.86. The van der Waals surface area contributed by atoms with Gasteiger partial charge in [0, 0.05) is 35.5 Å². The van der Waals surface area contributed by atoms with Crippen LogP contribution in [0.5, 0.6) is 0 Å². The molecule has 1 aliphatic rings. The zero-order valence-electron chi connectivity index (χ0n) is 20.9. The first kappa shape index (κ1) is 24.8. The average Bonchev–Trinajstić information content (AvgIpc) is 3.43. The first-order valence-corrected chi connectivity index (χ1v) is 13.9. The van der Waals surface area contributed by atoms with Crippen molar-refractivity contribution in [2.24, 2.45) is 4.36 Å². The summed E-state index contributed by atoms with van der Waals surface area (Å²) in [4.78, 5) is 24.3. The van der Waals surface area contributed by atoms with Gasteiger partial charge in [-0.3, -0.25) is 10.1 Å².